The van der Waals surface area contributed by atoms with Gasteiger partial charge in [0.1, 0.15) is 0 Å². The Morgan fingerprint density at radius 1 is 1.00 bits per heavy atom. The molecule has 0 heterocycles. The molecule has 0 unspecified atom stereocenters. The van der Waals surface area contributed by atoms with Gasteiger partial charge in [-0.05, 0) is 41.3 Å². The van der Waals surface area contributed by atoms with E-state index >= 15 is 0 Å². The quantitative estimate of drug-likeness (QED) is 0.666. The Morgan fingerprint density at radius 3 is 2.29 bits per heavy atom. The predicted octanol–water partition coefficient (Wildman–Crippen LogP) is 3.89. The molecule has 0 N–H and O–H groups in total. The van der Waals surface area contributed by atoms with Gasteiger partial charge in [-0.2, -0.15) is 12.6 Å². The lowest BCUT2D eigenvalue weighted by Crippen LogP contribution is -1.90. The maximum Gasteiger partial charge on any atom is 0.0163 e. The number of aryl methyl sites for hydroxylation is 2. The number of fused-ring (bicyclic) bond motifs is 1. The lowest BCUT2D eigenvalue weighted by Gasteiger charge is -2.10. The molecule has 1 heteroatoms. The van der Waals surface area contributed by atoms with Crippen LogP contribution in [-0.2, 0) is 5.75 Å². The van der Waals surface area contributed by atoms with Crippen LogP contribution < -0.4 is 0 Å². The van der Waals surface area contributed by atoms with Crippen molar-refractivity contribution >= 4 is 23.4 Å². The van der Waals surface area contributed by atoms with Gasteiger partial charge in [-0.25, -0.2) is 0 Å². The van der Waals surface area contributed by atoms with Crippen LogP contribution in [0, 0.1) is 13.8 Å². The van der Waals surface area contributed by atoms with E-state index in [9.17, 15) is 0 Å². The summed E-state index contributed by atoms with van der Waals surface area (Å²) in [5, 5.41) is 2.70. The molecule has 0 bridgehead atoms. The first kappa shape index (κ1) is 9.60. The topological polar surface area (TPSA) is 0 Å². The Bertz CT molecular complexity index is 472. The smallest absolute Gasteiger partial charge is 0.0163 e. The van der Waals surface area contributed by atoms with Crippen LogP contribution in [0.25, 0.3) is 10.8 Å². The minimum atomic E-state index is 0.812. The highest BCUT2D eigenvalue weighted by Gasteiger charge is 2.04. The van der Waals surface area contributed by atoms with Crippen LogP contribution in [0.1, 0.15) is 16.7 Å². The summed E-state index contributed by atoms with van der Waals surface area (Å²) in [6, 6.07) is 10.8. The molecule has 0 saturated carbocycles. The molecular formula is C13H14S. The molecule has 14 heavy (non-hydrogen) atoms. The first-order chi connectivity index (χ1) is 6.74. The van der Waals surface area contributed by atoms with Crippen molar-refractivity contribution in [1.82, 2.24) is 0 Å². The molecule has 2 aromatic rings. The Morgan fingerprint density at radius 2 is 1.64 bits per heavy atom. The Labute approximate surface area is 90.4 Å². The predicted molar refractivity (Wildman–Crippen MR) is 66.1 cm³/mol. The number of thiol groups is 1. The molecule has 2 aromatic carbocycles. The van der Waals surface area contributed by atoms with Gasteiger partial charge in [0, 0.05) is 5.75 Å². The summed E-state index contributed by atoms with van der Waals surface area (Å²) in [5.74, 6) is 0.812. The minimum Gasteiger partial charge on any atom is -0.175 e. The summed E-state index contributed by atoms with van der Waals surface area (Å²) in [6.07, 6.45) is 0. The molecule has 0 saturated heterocycles. The largest absolute Gasteiger partial charge is 0.175 e. The first-order valence-corrected chi connectivity index (χ1v) is 5.46. The average Bonchev–Trinajstić information content (AvgIpc) is 2.18. The van der Waals surface area contributed by atoms with Crippen molar-refractivity contribution in [3.8, 4) is 0 Å². The molecular weight excluding hydrogens is 188 g/mol. The third-order valence-electron chi connectivity index (χ3n) is 2.74. The monoisotopic (exact) mass is 202 g/mol. The second-order valence-corrected chi connectivity index (χ2v) is 4.01. The molecule has 72 valence electrons. The Balaban J connectivity index is 2.90. The van der Waals surface area contributed by atoms with Crippen molar-refractivity contribution in [3.63, 3.8) is 0 Å². The van der Waals surface area contributed by atoms with E-state index in [4.69, 9.17) is 0 Å². The molecule has 0 spiro atoms. The number of benzene rings is 2. The van der Waals surface area contributed by atoms with E-state index in [1.165, 1.54) is 27.5 Å². The highest BCUT2D eigenvalue weighted by atomic mass is 32.1. The molecule has 0 aliphatic carbocycles. The fraction of sp³-hybridized carbons (Fsp3) is 0.231. The van der Waals surface area contributed by atoms with E-state index < -0.39 is 0 Å². The van der Waals surface area contributed by atoms with Crippen LogP contribution in [0.5, 0.6) is 0 Å². The minimum absolute atomic E-state index is 0.812. The van der Waals surface area contributed by atoms with Crippen LogP contribution in [0.15, 0.2) is 30.3 Å². The third-order valence-corrected chi connectivity index (χ3v) is 3.06. The standard InChI is InChI=1S/C13H14S/c1-9-7-10(2)13(8-14)12-6-4-3-5-11(9)12/h3-7,14H,8H2,1-2H3. The fourth-order valence-electron chi connectivity index (χ4n) is 2.00. The SMILES string of the molecule is Cc1cc(C)c2ccccc2c1CS. The fourth-order valence-corrected chi connectivity index (χ4v) is 2.42. The van der Waals surface area contributed by atoms with Gasteiger partial charge in [-0.15, -0.1) is 0 Å². The molecule has 0 aliphatic rings. The van der Waals surface area contributed by atoms with E-state index in [-0.39, 0.29) is 0 Å². The lowest BCUT2D eigenvalue weighted by atomic mass is 9.97. The molecule has 0 fully saturated rings. The van der Waals surface area contributed by atoms with Gasteiger partial charge in [0.2, 0.25) is 0 Å². The number of hydrogen-bond donors (Lipinski definition) is 1. The zero-order chi connectivity index (χ0) is 10.1. The number of hydrogen-bond acceptors (Lipinski definition) is 1. The van der Waals surface area contributed by atoms with Crippen LogP contribution in [0.2, 0.25) is 0 Å². The molecule has 2 rings (SSSR count). The van der Waals surface area contributed by atoms with Gasteiger partial charge in [0.05, 0.1) is 0 Å². The third kappa shape index (κ3) is 1.42. The molecule has 0 atom stereocenters. The van der Waals surface area contributed by atoms with E-state index in [1.807, 2.05) is 0 Å². The summed E-state index contributed by atoms with van der Waals surface area (Å²) in [5.41, 5.74) is 4.05. The molecule has 0 aliphatic heterocycles. The summed E-state index contributed by atoms with van der Waals surface area (Å²) in [7, 11) is 0. The Hall–Kier alpha value is -0.950. The molecule has 0 aromatic heterocycles. The van der Waals surface area contributed by atoms with E-state index in [2.05, 4.69) is 56.8 Å². The highest BCUT2D eigenvalue weighted by molar-refractivity contribution is 7.79. The van der Waals surface area contributed by atoms with E-state index in [0.29, 0.717) is 0 Å². The van der Waals surface area contributed by atoms with Crippen LogP contribution >= 0.6 is 12.6 Å². The molecule has 0 amide bonds. The van der Waals surface area contributed by atoms with Gasteiger partial charge in [0.15, 0.2) is 0 Å². The van der Waals surface area contributed by atoms with E-state index in [0.717, 1.165) is 5.75 Å². The molecule has 0 nitrogen and oxygen atoms in total. The summed E-state index contributed by atoms with van der Waals surface area (Å²) in [6.45, 7) is 4.32. The van der Waals surface area contributed by atoms with Crippen molar-refractivity contribution in [3.05, 3.63) is 47.0 Å². The van der Waals surface area contributed by atoms with Crippen LogP contribution in [-0.4, -0.2) is 0 Å². The second-order valence-electron chi connectivity index (χ2n) is 3.69. The van der Waals surface area contributed by atoms with Gasteiger partial charge in [-0.1, -0.05) is 30.3 Å². The summed E-state index contributed by atoms with van der Waals surface area (Å²) < 4.78 is 0. The zero-order valence-corrected chi connectivity index (χ0v) is 9.44. The summed E-state index contributed by atoms with van der Waals surface area (Å²) >= 11 is 4.39. The van der Waals surface area contributed by atoms with Gasteiger partial charge in [0.25, 0.3) is 0 Å². The average molecular weight is 202 g/mol. The van der Waals surface area contributed by atoms with Gasteiger partial charge < -0.3 is 0 Å². The zero-order valence-electron chi connectivity index (χ0n) is 8.54. The first-order valence-electron chi connectivity index (χ1n) is 4.82. The van der Waals surface area contributed by atoms with Crippen LogP contribution in [0.3, 0.4) is 0 Å². The number of rotatable bonds is 1. The van der Waals surface area contributed by atoms with Crippen molar-refractivity contribution in [2.24, 2.45) is 0 Å². The van der Waals surface area contributed by atoms with Crippen molar-refractivity contribution in [1.29, 1.82) is 0 Å². The normalized spacial score (nSPS) is 10.8. The highest BCUT2D eigenvalue weighted by Crippen LogP contribution is 2.26. The summed E-state index contributed by atoms with van der Waals surface area (Å²) in [4.78, 5) is 0. The van der Waals surface area contributed by atoms with Crippen molar-refractivity contribution in [2.75, 3.05) is 0 Å². The van der Waals surface area contributed by atoms with Gasteiger partial charge in [-0.3, -0.25) is 0 Å². The maximum atomic E-state index is 4.39. The van der Waals surface area contributed by atoms with Gasteiger partial charge >= 0.3 is 0 Å². The lowest BCUT2D eigenvalue weighted by molar-refractivity contribution is 1.32. The molecule has 0 radical (unpaired) electrons. The second kappa shape index (κ2) is 3.66. The van der Waals surface area contributed by atoms with E-state index in [1.54, 1.807) is 0 Å². The maximum absolute atomic E-state index is 4.39. The van der Waals surface area contributed by atoms with Crippen LogP contribution in [0.4, 0.5) is 0 Å². The van der Waals surface area contributed by atoms with Crippen molar-refractivity contribution < 1.29 is 0 Å². The van der Waals surface area contributed by atoms with Crippen molar-refractivity contribution in [2.45, 2.75) is 19.6 Å². The Kier molecular flexibility index (Phi) is 2.51.